The van der Waals surface area contributed by atoms with Gasteiger partial charge in [-0.05, 0) is 12.5 Å². The minimum Gasteiger partial charge on any atom is -0.496 e. The van der Waals surface area contributed by atoms with Crippen LogP contribution in [0, 0.1) is 0 Å². The van der Waals surface area contributed by atoms with E-state index >= 15 is 0 Å². The lowest BCUT2D eigenvalue weighted by atomic mass is 10.1. The van der Waals surface area contributed by atoms with E-state index in [4.69, 9.17) is 4.74 Å². The fourth-order valence-corrected chi connectivity index (χ4v) is 1.14. The van der Waals surface area contributed by atoms with Crippen LogP contribution in [0.5, 0.6) is 5.75 Å². The first-order valence-electron chi connectivity index (χ1n) is 4.31. The standard InChI is InChI=1S/C10H13NO3/c1-13-9-5-6-11-7-8(9)3-4-10(12)14-2/h5-7H,3-4H2,1-2H3. The molecule has 1 rings (SSSR count). The molecule has 4 nitrogen and oxygen atoms in total. The van der Waals surface area contributed by atoms with E-state index in [1.54, 1.807) is 25.6 Å². The molecule has 1 aromatic heterocycles. The van der Waals surface area contributed by atoms with Gasteiger partial charge in [-0.25, -0.2) is 0 Å². The molecule has 0 aliphatic carbocycles. The van der Waals surface area contributed by atoms with Crippen molar-refractivity contribution >= 4 is 5.97 Å². The third kappa shape index (κ3) is 2.73. The fourth-order valence-electron chi connectivity index (χ4n) is 1.14. The molecule has 0 aliphatic rings. The van der Waals surface area contributed by atoms with Gasteiger partial charge in [0.25, 0.3) is 0 Å². The summed E-state index contributed by atoms with van der Waals surface area (Å²) in [6.45, 7) is 0. The Morgan fingerprint density at radius 3 is 2.93 bits per heavy atom. The molecule has 1 aromatic rings. The summed E-state index contributed by atoms with van der Waals surface area (Å²) in [5.41, 5.74) is 0.917. The number of rotatable bonds is 4. The summed E-state index contributed by atoms with van der Waals surface area (Å²) in [7, 11) is 2.97. The summed E-state index contributed by atoms with van der Waals surface area (Å²) in [4.78, 5) is 14.9. The SMILES string of the molecule is COC(=O)CCc1cnccc1OC. The van der Waals surface area contributed by atoms with Crippen molar-refractivity contribution in [2.24, 2.45) is 0 Å². The second-order valence-corrected chi connectivity index (χ2v) is 2.76. The number of pyridine rings is 1. The topological polar surface area (TPSA) is 48.4 Å². The van der Waals surface area contributed by atoms with Crippen molar-refractivity contribution in [3.8, 4) is 5.75 Å². The van der Waals surface area contributed by atoms with Crippen molar-refractivity contribution in [1.29, 1.82) is 0 Å². The monoisotopic (exact) mass is 195 g/mol. The highest BCUT2D eigenvalue weighted by Gasteiger charge is 2.05. The van der Waals surface area contributed by atoms with Crippen molar-refractivity contribution in [1.82, 2.24) is 4.98 Å². The van der Waals surface area contributed by atoms with Crippen LogP contribution in [-0.4, -0.2) is 25.2 Å². The van der Waals surface area contributed by atoms with Crippen LogP contribution in [0.3, 0.4) is 0 Å². The number of hydrogen-bond donors (Lipinski definition) is 0. The largest absolute Gasteiger partial charge is 0.496 e. The molecule has 14 heavy (non-hydrogen) atoms. The summed E-state index contributed by atoms with van der Waals surface area (Å²) in [5, 5.41) is 0. The molecule has 0 saturated heterocycles. The van der Waals surface area contributed by atoms with Gasteiger partial charge in [0.15, 0.2) is 0 Å². The predicted octanol–water partition coefficient (Wildman–Crippen LogP) is 1.20. The molecule has 0 amide bonds. The van der Waals surface area contributed by atoms with Gasteiger partial charge in [0.2, 0.25) is 0 Å². The minimum atomic E-state index is -0.226. The zero-order chi connectivity index (χ0) is 10.4. The van der Waals surface area contributed by atoms with E-state index in [9.17, 15) is 4.79 Å². The summed E-state index contributed by atoms with van der Waals surface area (Å²) in [5.74, 6) is 0.528. The number of carbonyl (C=O) groups is 1. The van der Waals surface area contributed by atoms with Crippen LogP contribution in [0.2, 0.25) is 0 Å². The van der Waals surface area contributed by atoms with Crippen molar-refractivity contribution in [3.63, 3.8) is 0 Å². The van der Waals surface area contributed by atoms with Crippen LogP contribution in [0.15, 0.2) is 18.5 Å². The molecule has 0 N–H and O–H groups in total. The Balaban J connectivity index is 2.61. The minimum absolute atomic E-state index is 0.226. The van der Waals surface area contributed by atoms with Crippen LogP contribution >= 0.6 is 0 Å². The average Bonchev–Trinajstić information content (AvgIpc) is 2.26. The zero-order valence-corrected chi connectivity index (χ0v) is 8.32. The van der Waals surface area contributed by atoms with E-state index in [0.29, 0.717) is 12.8 Å². The van der Waals surface area contributed by atoms with Gasteiger partial charge >= 0.3 is 5.97 Å². The molecule has 4 heteroatoms. The summed E-state index contributed by atoms with van der Waals surface area (Å²) in [6.07, 6.45) is 4.28. The number of esters is 1. The van der Waals surface area contributed by atoms with Gasteiger partial charge in [0.1, 0.15) is 5.75 Å². The molecule has 0 aliphatic heterocycles. The molecule has 0 spiro atoms. The number of aromatic nitrogens is 1. The van der Waals surface area contributed by atoms with Gasteiger partial charge < -0.3 is 9.47 Å². The van der Waals surface area contributed by atoms with Gasteiger partial charge in [-0.1, -0.05) is 0 Å². The Bertz CT molecular complexity index is 312. The summed E-state index contributed by atoms with van der Waals surface area (Å²) < 4.78 is 9.66. The molecule has 0 fully saturated rings. The van der Waals surface area contributed by atoms with Crippen molar-refractivity contribution in [2.45, 2.75) is 12.8 Å². The maximum absolute atomic E-state index is 10.9. The molecule has 0 atom stereocenters. The first-order chi connectivity index (χ1) is 6.77. The summed E-state index contributed by atoms with van der Waals surface area (Å²) in [6, 6.07) is 1.77. The zero-order valence-electron chi connectivity index (χ0n) is 8.32. The molecule has 0 saturated carbocycles. The lowest BCUT2D eigenvalue weighted by Gasteiger charge is -2.06. The molecule has 0 aromatic carbocycles. The second-order valence-electron chi connectivity index (χ2n) is 2.76. The van der Waals surface area contributed by atoms with Crippen LogP contribution in [0.25, 0.3) is 0 Å². The lowest BCUT2D eigenvalue weighted by Crippen LogP contribution is -2.03. The van der Waals surface area contributed by atoms with Gasteiger partial charge in [-0.3, -0.25) is 9.78 Å². The van der Waals surface area contributed by atoms with Gasteiger partial charge in [-0.2, -0.15) is 0 Å². The van der Waals surface area contributed by atoms with E-state index in [1.807, 2.05) is 0 Å². The van der Waals surface area contributed by atoms with Gasteiger partial charge in [0.05, 0.1) is 14.2 Å². The Morgan fingerprint density at radius 1 is 1.50 bits per heavy atom. The molecular weight excluding hydrogens is 182 g/mol. The van der Waals surface area contributed by atoms with Crippen LogP contribution < -0.4 is 4.74 Å². The third-order valence-corrected chi connectivity index (χ3v) is 1.90. The number of methoxy groups -OCH3 is 2. The Kier molecular flexibility index (Phi) is 3.91. The highest BCUT2D eigenvalue weighted by molar-refractivity contribution is 5.69. The average molecular weight is 195 g/mol. The molecule has 1 heterocycles. The van der Waals surface area contributed by atoms with E-state index in [2.05, 4.69) is 9.72 Å². The molecule has 0 unspecified atom stereocenters. The number of nitrogens with zero attached hydrogens (tertiary/aromatic N) is 1. The number of ether oxygens (including phenoxy) is 2. The number of carbonyl (C=O) groups excluding carboxylic acids is 1. The van der Waals surface area contributed by atoms with Crippen LogP contribution in [0.4, 0.5) is 0 Å². The predicted molar refractivity (Wildman–Crippen MR) is 51.1 cm³/mol. The summed E-state index contributed by atoms with van der Waals surface area (Å²) >= 11 is 0. The Morgan fingerprint density at radius 2 is 2.29 bits per heavy atom. The normalized spacial score (nSPS) is 9.57. The Hall–Kier alpha value is -1.58. The maximum Gasteiger partial charge on any atom is 0.305 e. The quantitative estimate of drug-likeness (QED) is 0.677. The second kappa shape index (κ2) is 5.21. The van der Waals surface area contributed by atoms with Crippen molar-refractivity contribution in [2.75, 3.05) is 14.2 Å². The number of aryl methyl sites for hydroxylation is 1. The number of hydrogen-bond acceptors (Lipinski definition) is 4. The maximum atomic E-state index is 10.9. The molecule has 76 valence electrons. The smallest absolute Gasteiger partial charge is 0.305 e. The van der Waals surface area contributed by atoms with Crippen molar-refractivity contribution in [3.05, 3.63) is 24.0 Å². The molecular formula is C10H13NO3. The van der Waals surface area contributed by atoms with Gasteiger partial charge in [0, 0.05) is 24.4 Å². The van der Waals surface area contributed by atoms with E-state index < -0.39 is 0 Å². The Labute approximate surface area is 82.9 Å². The van der Waals surface area contributed by atoms with E-state index in [1.165, 1.54) is 7.11 Å². The van der Waals surface area contributed by atoms with Gasteiger partial charge in [-0.15, -0.1) is 0 Å². The lowest BCUT2D eigenvalue weighted by molar-refractivity contribution is -0.140. The van der Waals surface area contributed by atoms with Crippen LogP contribution in [0.1, 0.15) is 12.0 Å². The first kappa shape index (κ1) is 10.5. The fraction of sp³-hybridized carbons (Fsp3) is 0.400. The van der Waals surface area contributed by atoms with E-state index in [-0.39, 0.29) is 5.97 Å². The first-order valence-corrected chi connectivity index (χ1v) is 4.31. The molecule has 0 bridgehead atoms. The van der Waals surface area contributed by atoms with E-state index in [0.717, 1.165) is 11.3 Å². The third-order valence-electron chi connectivity index (χ3n) is 1.90. The molecule has 0 radical (unpaired) electrons. The highest BCUT2D eigenvalue weighted by Crippen LogP contribution is 2.17. The highest BCUT2D eigenvalue weighted by atomic mass is 16.5. The van der Waals surface area contributed by atoms with Crippen LogP contribution in [-0.2, 0) is 16.0 Å². The van der Waals surface area contributed by atoms with Crippen molar-refractivity contribution < 1.29 is 14.3 Å².